The van der Waals surface area contributed by atoms with Gasteiger partial charge in [-0.25, -0.2) is 4.98 Å². The second-order valence-electron chi connectivity index (χ2n) is 7.45. The van der Waals surface area contributed by atoms with E-state index in [0.29, 0.717) is 12.6 Å². The summed E-state index contributed by atoms with van der Waals surface area (Å²) >= 11 is 0. The Bertz CT molecular complexity index is 545. The van der Waals surface area contributed by atoms with Crippen LogP contribution in [0.1, 0.15) is 50.8 Å². The number of halogens is 1. The van der Waals surface area contributed by atoms with Gasteiger partial charge in [-0.2, -0.15) is 5.10 Å². The molecule has 148 valence electrons. The first-order valence-corrected chi connectivity index (χ1v) is 9.77. The molecule has 2 N–H and O–H groups in total. The molecule has 1 aromatic rings. The Morgan fingerprint density at radius 2 is 1.92 bits per heavy atom. The van der Waals surface area contributed by atoms with Crippen molar-refractivity contribution in [1.29, 1.82) is 0 Å². The first kappa shape index (κ1) is 21.4. The van der Waals surface area contributed by atoms with E-state index in [2.05, 4.69) is 30.6 Å². The summed E-state index contributed by atoms with van der Waals surface area (Å²) in [6.07, 6.45) is 11.2. The number of piperidine rings is 1. The van der Waals surface area contributed by atoms with Crippen molar-refractivity contribution in [1.82, 2.24) is 30.3 Å². The lowest BCUT2D eigenvalue weighted by Crippen LogP contribution is -2.49. The van der Waals surface area contributed by atoms with E-state index in [9.17, 15) is 0 Å². The molecule has 8 heteroatoms. The highest BCUT2D eigenvalue weighted by molar-refractivity contribution is 14.0. The summed E-state index contributed by atoms with van der Waals surface area (Å²) in [6.45, 7) is 4.35. The number of nitrogens with one attached hydrogen (secondary N) is 2. The molecule has 1 aliphatic carbocycles. The maximum Gasteiger partial charge on any atom is 0.191 e. The highest BCUT2D eigenvalue weighted by Gasteiger charge is 2.23. The molecule has 1 aromatic heterocycles. The molecule has 0 spiro atoms. The molecule has 26 heavy (non-hydrogen) atoms. The fourth-order valence-electron chi connectivity index (χ4n) is 4.03. The van der Waals surface area contributed by atoms with Gasteiger partial charge in [0.2, 0.25) is 0 Å². The first-order valence-electron chi connectivity index (χ1n) is 9.77. The average molecular weight is 475 g/mol. The molecule has 0 atom stereocenters. The van der Waals surface area contributed by atoms with Crippen molar-refractivity contribution in [3.8, 4) is 0 Å². The van der Waals surface area contributed by atoms with Crippen molar-refractivity contribution < 1.29 is 0 Å². The quantitative estimate of drug-likeness (QED) is 0.388. The molecule has 2 aliphatic rings. The van der Waals surface area contributed by atoms with Gasteiger partial charge in [0.15, 0.2) is 5.96 Å². The van der Waals surface area contributed by atoms with Crippen LogP contribution in [0, 0.1) is 5.92 Å². The van der Waals surface area contributed by atoms with Gasteiger partial charge in [0.1, 0.15) is 12.2 Å². The zero-order valence-electron chi connectivity index (χ0n) is 16.2. The SMILES string of the molecule is CN=C(NCc1ncnn1C)NC1CCN(CC2CCCCC2)CC1.I. The fourth-order valence-corrected chi connectivity index (χ4v) is 4.03. The van der Waals surface area contributed by atoms with E-state index >= 15 is 0 Å². The predicted octanol–water partition coefficient (Wildman–Crippen LogP) is 2.14. The van der Waals surface area contributed by atoms with Gasteiger partial charge >= 0.3 is 0 Å². The number of rotatable bonds is 5. The molecule has 0 amide bonds. The van der Waals surface area contributed by atoms with Gasteiger partial charge in [0.25, 0.3) is 0 Å². The van der Waals surface area contributed by atoms with E-state index in [1.54, 1.807) is 11.0 Å². The van der Waals surface area contributed by atoms with E-state index in [4.69, 9.17) is 0 Å². The second kappa shape index (κ2) is 11.1. The number of hydrogen-bond acceptors (Lipinski definition) is 4. The molecule has 0 bridgehead atoms. The van der Waals surface area contributed by atoms with E-state index in [0.717, 1.165) is 17.7 Å². The lowest BCUT2D eigenvalue weighted by molar-refractivity contribution is 0.160. The minimum absolute atomic E-state index is 0. The van der Waals surface area contributed by atoms with Crippen LogP contribution in [0.5, 0.6) is 0 Å². The van der Waals surface area contributed by atoms with Crippen molar-refractivity contribution in [2.75, 3.05) is 26.7 Å². The van der Waals surface area contributed by atoms with Crippen molar-refractivity contribution >= 4 is 29.9 Å². The molecule has 0 unspecified atom stereocenters. The number of likely N-dealkylation sites (tertiary alicyclic amines) is 1. The van der Waals surface area contributed by atoms with Gasteiger partial charge in [-0.05, 0) is 31.6 Å². The van der Waals surface area contributed by atoms with Gasteiger partial charge in [-0.3, -0.25) is 9.67 Å². The maximum absolute atomic E-state index is 4.35. The summed E-state index contributed by atoms with van der Waals surface area (Å²) in [5.41, 5.74) is 0. The third-order valence-electron chi connectivity index (χ3n) is 5.61. The Labute approximate surface area is 174 Å². The van der Waals surface area contributed by atoms with Crippen LogP contribution in [-0.2, 0) is 13.6 Å². The fraction of sp³-hybridized carbons (Fsp3) is 0.833. The van der Waals surface area contributed by atoms with Crippen LogP contribution in [-0.4, -0.2) is 58.3 Å². The monoisotopic (exact) mass is 475 g/mol. The number of nitrogens with zero attached hydrogens (tertiary/aromatic N) is 5. The van der Waals surface area contributed by atoms with Crippen molar-refractivity contribution in [3.05, 3.63) is 12.2 Å². The average Bonchev–Trinajstić information content (AvgIpc) is 3.06. The summed E-state index contributed by atoms with van der Waals surface area (Å²) < 4.78 is 1.78. The predicted molar refractivity (Wildman–Crippen MR) is 116 cm³/mol. The smallest absolute Gasteiger partial charge is 0.191 e. The Balaban J connectivity index is 0.00000243. The van der Waals surface area contributed by atoms with Gasteiger partial charge < -0.3 is 15.5 Å². The van der Waals surface area contributed by atoms with E-state index in [1.165, 1.54) is 64.6 Å². The molecule has 1 aliphatic heterocycles. The Morgan fingerprint density at radius 1 is 1.19 bits per heavy atom. The Hall–Kier alpha value is -0.900. The van der Waals surface area contributed by atoms with Crippen molar-refractivity contribution in [2.45, 2.75) is 57.5 Å². The van der Waals surface area contributed by atoms with E-state index in [-0.39, 0.29) is 24.0 Å². The summed E-state index contributed by atoms with van der Waals surface area (Å²) in [6, 6.07) is 0.508. The summed E-state index contributed by atoms with van der Waals surface area (Å²) in [5, 5.41) is 11.0. The number of aliphatic imine (C=N–C) groups is 1. The minimum Gasteiger partial charge on any atom is -0.354 e. The lowest BCUT2D eigenvalue weighted by Gasteiger charge is -2.36. The molecular weight excluding hydrogens is 441 g/mol. The summed E-state index contributed by atoms with van der Waals surface area (Å²) in [7, 11) is 3.73. The molecule has 3 rings (SSSR count). The highest BCUT2D eigenvalue weighted by Crippen LogP contribution is 2.25. The number of aromatic nitrogens is 3. The van der Waals surface area contributed by atoms with Crippen molar-refractivity contribution in [3.63, 3.8) is 0 Å². The molecule has 0 aromatic carbocycles. The molecule has 2 heterocycles. The van der Waals surface area contributed by atoms with Crippen LogP contribution < -0.4 is 10.6 Å². The second-order valence-corrected chi connectivity index (χ2v) is 7.45. The molecule has 1 saturated carbocycles. The molecule has 0 radical (unpaired) electrons. The van der Waals surface area contributed by atoms with Crippen LogP contribution in [0.2, 0.25) is 0 Å². The highest BCUT2D eigenvalue weighted by atomic mass is 127. The van der Waals surface area contributed by atoms with E-state index in [1.807, 2.05) is 14.1 Å². The van der Waals surface area contributed by atoms with Gasteiger partial charge in [0, 0.05) is 39.8 Å². The first-order chi connectivity index (χ1) is 12.2. The third kappa shape index (κ3) is 6.37. The number of aryl methyl sites for hydroxylation is 1. The normalized spacial score (nSPS) is 20.6. The Morgan fingerprint density at radius 3 is 2.54 bits per heavy atom. The molecule has 1 saturated heterocycles. The van der Waals surface area contributed by atoms with Crippen LogP contribution in [0.15, 0.2) is 11.3 Å². The summed E-state index contributed by atoms with van der Waals surface area (Å²) in [4.78, 5) is 11.3. The van der Waals surface area contributed by atoms with Crippen LogP contribution in [0.3, 0.4) is 0 Å². The van der Waals surface area contributed by atoms with Gasteiger partial charge in [-0.15, -0.1) is 24.0 Å². The zero-order chi connectivity index (χ0) is 17.5. The van der Waals surface area contributed by atoms with Crippen LogP contribution in [0.4, 0.5) is 0 Å². The van der Waals surface area contributed by atoms with Crippen LogP contribution in [0.25, 0.3) is 0 Å². The van der Waals surface area contributed by atoms with Crippen LogP contribution >= 0.6 is 24.0 Å². The lowest BCUT2D eigenvalue weighted by atomic mass is 9.88. The van der Waals surface area contributed by atoms with Gasteiger partial charge in [-0.1, -0.05) is 19.3 Å². The topological polar surface area (TPSA) is 70.4 Å². The van der Waals surface area contributed by atoms with E-state index < -0.39 is 0 Å². The third-order valence-corrected chi connectivity index (χ3v) is 5.61. The summed E-state index contributed by atoms with van der Waals surface area (Å²) in [5.74, 6) is 2.71. The Kier molecular flexibility index (Phi) is 9.10. The molecule has 7 nitrogen and oxygen atoms in total. The molecular formula is C18H34IN7. The standard InChI is InChI=1S/C18H33N7.HI/c1-19-18(20-12-17-21-14-22-24(17)2)23-16-8-10-25(11-9-16)13-15-6-4-3-5-7-15;/h14-16H,3-13H2,1-2H3,(H2,19,20,23);1H. The van der Waals surface area contributed by atoms with Crippen molar-refractivity contribution in [2.24, 2.45) is 18.0 Å². The van der Waals surface area contributed by atoms with Gasteiger partial charge in [0.05, 0.1) is 6.54 Å². The maximum atomic E-state index is 4.35. The number of hydrogen-bond donors (Lipinski definition) is 2. The molecule has 2 fully saturated rings. The zero-order valence-corrected chi connectivity index (χ0v) is 18.5. The number of guanidine groups is 1. The largest absolute Gasteiger partial charge is 0.354 e. The minimum atomic E-state index is 0.